The van der Waals surface area contributed by atoms with Crippen LogP contribution in [-0.4, -0.2) is 49.2 Å². The molecule has 0 aliphatic heterocycles. The van der Waals surface area contributed by atoms with Crippen LogP contribution >= 0.6 is 0 Å². The number of hydrogen-bond donors (Lipinski definition) is 2. The predicted octanol–water partition coefficient (Wildman–Crippen LogP) is 3.77. The van der Waals surface area contributed by atoms with Gasteiger partial charge in [-0.2, -0.15) is 23.3 Å². The van der Waals surface area contributed by atoms with Gasteiger partial charge in [0.25, 0.3) is 0 Å². The molecule has 0 spiro atoms. The van der Waals surface area contributed by atoms with E-state index >= 15 is 0 Å². The number of aromatic hydroxyl groups is 1. The second-order valence-electron chi connectivity index (χ2n) is 7.90. The highest BCUT2D eigenvalue weighted by molar-refractivity contribution is 5.91. The summed E-state index contributed by atoms with van der Waals surface area (Å²) in [7, 11) is 3.28. The van der Waals surface area contributed by atoms with Crippen molar-refractivity contribution >= 4 is 17.0 Å². The summed E-state index contributed by atoms with van der Waals surface area (Å²) in [6.45, 7) is 0. The van der Waals surface area contributed by atoms with Crippen molar-refractivity contribution in [2.45, 2.75) is 44.0 Å². The van der Waals surface area contributed by atoms with Crippen LogP contribution in [0.4, 0.5) is 27.9 Å². The highest BCUT2D eigenvalue weighted by atomic mass is 19.4. The zero-order valence-electron chi connectivity index (χ0n) is 17.2. The summed E-state index contributed by atoms with van der Waals surface area (Å²) in [4.78, 5) is 10.5. The van der Waals surface area contributed by atoms with Gasteiger partial charge < -0.3 is 15.1 Å². The number of aromatic nitrogens is 4. The zero-order valence-corrected chi connectivity index (χ0v) is 17.2. The zero-order chi connectivity index (χ0) is 23.4. The lowest BCUT2D eigenvalue weighted by Crippen LogP contribution is -2.37. The van der Waals surface area contributed by atoms with E-state index in [4.69, 9.17) is 0 Å². The van der Waals surface area contributed by atoms with E-state index in [9.17, 15) is 32.2 Å². The molecule has 1 aliphatic carbocycles. The summed E-state index contributed by atoms with van der Waals surface area (Å²) in [5.41, 5.74) is -2.55. The molecule has 3 aromatic rings. The van der Waals surface area contributed by atoms with E-state index in [1.165, 1.54) is 17.9 Å². The highest BCUT2D eigenvalue weighted by Gasteiger charge is 2.38. The summed E-state index contributed by atoms with van der Waals surface area (Å²) in [5, 5.41) is 23.5. The molecule has 172 valence electrons. The molecule has 1 aliphatic rings. The molecule has 2 heterocycles. The van der Waals surface area contributed by atoms with Gasteiger partial charge in [-0.15, -0.1) is 0 Å². The number of rotatable bonds is 3. The summed E-state index contributed by atoms with van der Waals surface area (Å²) >= 11 is 0. The normalized spacial score (nSPS) is 19.5. The maximum atomic E-state index is 14.6. The Bertz CT molecular complexity index is 1170. The van der Waals surface area contributed by atoms with Crippen LogP contribution in [0, 0.1) is 11.6 Å². The SMILES string of the molecule is Cn1nc(-c2cc(C(F)(F)F)c(F)c(O)c2F)c2cnc(N(C)[C@H]3CC[C@@H](O)CC3)nc21. The summed E-state index contributed by atoms with van der Waals surface area (Å²) in [6, 6.07) is 0.379. The fraction of sp³-hybridized carbons (Fsp3) is 0.450. The van der Waals surface area contributed by atoms with Crippen LogP contribution in [0.1, 0.15) is 31.2 Å². The lowest BCUT2D eigenvalue weighted by Gasteiger charge is -2.33. The molecule has 2 N–H and O–H groups in total. The van der Waals surface area contributed by atoms with E-state index < -0.39 is 34.7 Å². The molecule has 0 unspecified atom stereocenters. The number of benzene rings is 1. The maximum absolute atomic E-state index is 14.6. The van der Waals surface area contributed by atoms with E-state index in [-0.39, 0.29) is 34.9 Å². The number of phenolic OH excluding ortho intramolecular Hbond substituents is 1. The van der Waals surface area contributed by atoms with Crippen molar-refractivity contribution in [2.24, 2.45) is 7.05 Å². The topological polar surface area (TPSA) is 87.3 Å². The number of nitrogens with zero attached hydrogens (tertiary/aromatic N) is 5. The average molecular weight is 457 g/mol. The number of anilines is 1. The van der Waals surface area contributed by atoms with Crippen molar-refractivity contribution in [2.75, 3.05) is 11.9 Å². The number of alkyl halides is 3. The summed E-state index contributed by atoms with van der Waals surface area (Å²) in [5.74, 6) is -5.04. The standard InChI is InChI=1S/C20H20F5N5O2/c1-29(9-3-5-10(31)6-4-9)19-26-8-12-16(28-30(2)18(12)27-19)11-7-13(20(23,24)25)15(22)17(32)14(11)21/h7-10,31-32H,3-6H2,1-2H3/t9-,10+. The van der Waals surface area contributed by atoms with Crippen LogP contribution < -0.4 is 4.90 Å². The average Bonchev–Trinajstić information content (AvgIpc) is 3.07. The molecule has 12 heteroatoms. The lowest BCUT2D eigenvalue weighted by atomic mass is 9.92. The molecule has 0 saturated heterocycles. The van der Waals surface area contributed by atoms with Crippen LogP contribution in [0.3, 0.4) is 0 Å². The van der Waals surface area contributed by atoms with Crippen molar-refractivity contribution in [3.05, 3.63) is 29.5 Å². The number of halogens is 5. The molecule has 0 amide bonds. The number of phenols is 1. The first kappa shape index (κ1) is 22.2. The third-order valence-electron chi connectivity index (χ3n) is 5.83. The van der Waals surface area contributed by atoms with Gasteiger partial charge in [-0.3, -0.25) is 0 Å². The van der Waals surface area contributed by atoms with Crippen LogP contribution in [0.5, 0.6) is 5.75 Å². The minimum atomic E-state index is -5.14. The molecule has 2 aromatic heterocycles. The molecule has 7 nitrogen and oxygen atoms in total. The largest absolute Gasteiger partial charge is 0.503 e. The smallest absolute Gasteiger partial charge is 0.419 e. The Balaban J connectivity index is 1.79. The van der Waals surface area contributed by atoms with Crippen molar-refractivity contribution in [1.29, 1.82) is 0 Å². The Labute approximate surface area is 179 Å². The van der Waals surface area contributed by atoms with E-state index in [0.29, 0.717) is 18.8 Å². The first-order valence-corrected chi connectivity index (χ1v) is 9.88. The molecular formula is C20H20F5N5O2. The van der Waals surface area contributed by atoms with Gasteiger partial charge in [0.2, 0.25) is 5.95 Å². The third kappa shape index (κ3) is 3.72. The van der Waals surface area contributed by atoms with Gasteiger partial charge in [-0.05, 0) is 31.7 Å². The lowest BCUT2D eigenvalue weighted by molar-refractivity contribution is -0.140. The Morgan fingerprint density at radius 2 is 1.78 bits per heavy atom. The van der Waals surface area contributed by atoms with Crippen molar-refractivity contribution in [3.63, 3.8) is 0 Å². The van der Waals surface area contributed by atoms with E-state index in [1.807, 2.05) is 4.90 Å². The Morgan fingerprint density at radius 3 is 2.41 bits per heavy atom. The summed E-state index contributed by atoms with van der Waals surface area (Å²) in [6.07, 6.45) is -1.36. The minimum absolute atomic E-state index is 0.101. The summed E-state index contributed by atoms with van der Waals surface area (Å²) < 4.78 is 69.2. The van der Waals surface area contributed by atoms with Crippen LogP contribution in [0.15, 0.2) is 12.3 Å². The Kier molecular flexibility index (Phi) is 5.43. The van der Waals surface area contributed by atoms with E-state index in [1.54, 1.807) is 7.05 Å². The van der Waals surface area contributed by atoms with Crippen LogP contribution in [0.25, 0.3) is 22.3 Å². The Morgan fingerprint density at radius 1 is 1.12 bits per heavy atom. The fourth-order valence-corrected chi connectivity index (χ4v) is 4.01. The predicted molar refractivity (Wildman–Crippen MR) is 105 cm³/mol. The van der Waals surface area contributed by atoms with Gasteiger partial charge in [-0.1, -0.05) is 0 Å². The molecule has 1 saturated carbocycles. The number of aliphatic hydroxyl groups is 1. The molecular weight excluding hydrogens is 437 g/mol. The second kappa shape index (κ2) is 7.84. The Hall–Kier alpha value is -3.02. The molecule has 1 aromatic carbocycles. The van der Waals surface area contributed by atoms with Gasteiger partial charge in [0.1, 0.15) is 5.69 Å². The number of aliphatic hydroxyl groups excluding tert-OH is 1. The van der Waals surface area contributed by atoms with Crippen molar-refractivity contribution < 1.29 is 32.2 Å². The van der Waals surface area contributed by atoms with Crippen molar-refractivity contribution in [3.8, 4) is 17.0 Å². The van der Waals surface area contributed by atoms with Crippen LogP contribution in [0.2, 0.25) is 0 Å². The number of hydrogen-bond acceptors (Lipinski definition) is 6. The third-order valence-corrected chi connectivity index (χ3v) is 5.83. The minimum Gasteiger partial charge on any atom is -0.503 e. The van der Waals surface area contributed by atoms with Gasteiger partial charge in [0.05, 0.1) is 17.1 Å². The van der Waals surface area contributed by atoms with Gasteiger partial charge >= 0.3 is 6.18 Å². The van der Waals surface area contributed by atoms with Crippen molar-refractivity contribution in [1.82, 2.24) is 19.7 Å². The quantitative estimate of drug-likeness (QED) is 0.583. The number of fused-ring (bicyclic) bond motifs is 1. The first-order valence-electron chi connectivity index (χ1n) is 9.88. The molecule has 0 atom stereocenters. The first-order chi connectivity index (χ1) is 15.0. The highest BCUT2D eigenvalue weighted by Crippen LogP contribution is 2.41. The second-order valence-corrected chi connectivity index (χ2v) is 7.90. The molecule has 32 heavy (non-hydrogen) atoms. The van der Waals surface area contributed by atoms with Gasteiger partial charge in [0.15, 0.2) is 23.0 Å². The molecule has 0 radical (unpaired) electrons. The van der Waals surface area contributed by atoms with E-state index in [0.717, 1.165) is 12.8 Å². The monoisotopic (exact) mass is 457 g/mol. The van der Waals surface area contributed by atoms with E-state index in [2.05, 4.69) is 15.1 Å². The molecule has 0 bridgehead atoms. The van der Waals surface area contributed by atoms with Gasteiger partial charge in [-0.25, -0.2) is 18.4 Å². The molecule has 1 fully saturated rings. The molecule has 4 rings (SSSR count). The van der Waals surface area contributed by atoms with Crippen LogP contribution in [-0.2, 0) is 13.2 Å². The number of aryl methyl sites for hydroxylation is 1. The van der Waals surface area contributed by atoms with Gasteiger partial charge in [0, 0.05) is 31.9 Å². The fourth-order valence-electron chi connectivity index (χ4n) is 4.01. The maximum Gasteiger partial charge on any atom is 0.419 e.